The van der Waals surface area contributed by atoms with Crippen molar-refractivity contribution in [3.8, 4) is 0 Å². The van der Waals surface area contributed by atoms with Crippen LogP contribution in [0.3, 0.4) is 0 Å². The van der Waals surface area contributed by atoms with Crippen molar-refractivity contribution in [1.29, 1.82) is 0 Å². The third-order valence-electron chi connectivity index (χ3n) is 2.20. The summed E-state index contributed by atoms with van der Waals surface area (Å²) in [4.78, 5) is 1.27. The van der Waals surface area contributed by atoms with Gasteiger partial charge in [-0.05, 0) is 26.0 Å². The Bertz CT molecular complexity index is 307. The number of aryl methyl sites for hydroxylation is 1. The molecule has 1 atom stereocenters. The molecule has 0 saturated heterocycles. The summed E-state index contributed by atoms with van der Waals surface area (Å²) in [5, 5.41) is 0. The van der Waals surface area contributed by atoms with Crippen LogP contribution >= 0.6 is 11.8 Å². The Labute approximate surface area is 102 Å². The van der Waals surface area contributed by atoms with Gasteiger partial charge in [0.2, 0.25) is 0 Å². The van der Waals surface area contributed by atoms with Gasteiger partial charge in [0.25, 0.3) is 0 Å². The van der Waals surface area contributed by atoms with E-state index in [-0.39, 0.29) is 6.04 Å². The van der Waals surface area contributed by atoms with Crippen LogP contribution in [0, 0.1) is 6.92 Å². The molecule has 1 unspecified atom stereocenters. The lowest BCUT2D eigenvalue weighted by Gasteiger charge is -2.15. The van der Waals surface area contributed by atoms with Crippen molar-refractivity contribution in [2.45, 2.75) is 24.8 Å². The van der Waals surface area contributed by atoms with Crippen molar-refractivity contribution in [2.24, 2.45) is 5.84 Å². The minimum atomic E-state index is 0.200. The number of benzene rings is 1. The molecule has 0 heterocycles. The summed E-state index contributed by atoms with van der Waals surface area (Å²) in [6.45, 7) is 5.48. The van der Waals surface area contributed by atoms with E-state index in [1.807, 2.05) is 6.92 Å². The fraction of sp³-hybridized carbons (Fsp3) is 0.500. The van der Waals surface area contributed by atoms with Gasteiger partial charge in [-0.25, -0.2) is 0 Å². The molecular weight excluding hydrogens is 220 g/mol. The van der Waals surface area contributed by atoms with Gasteiger partial charge in [-0.3, -0.25) is 11.3 Å². The molecule has 1 rings (SSSR count). The Kier molecular flexibility index (Phi) is 6.49. The summed E-state index contributed by atoms with van der Waals surface area (Å²) in [6, 6.07) is 8.67. The van der Waals surface area contributed by atoms with Gasteiger partial charge < -0.3 is 4.74 Å². The lowest BCUT2D eigenvalue weighted by molar-refractivity contribution is 0.129. The first-order valence-corrected chi connectivity index (χ1v) is 6.48. The second-order valence-corrected chi connectivity index (χ2v) is 4.74. The number of rotatable bonds is 7. The number of hydrazine groups is 1. The van der Waals surface area contributed by atoms with E-state index in [9.17, 15) is 0 Å². The normalized spacial score (nSPS) is 12.7. The third kappa shape index (κ3) is 4.99. The third-order valence-corrected chi connectivity index (χ3v) is 3.36. The molecule has 0 aliphatic carbocycles. The van der Waals surface area contributed by atoms with Crippen molar-refractivity contribution in [3.63, 3.8) is 0 Å². The SMILES string of the molecule is CCOCC(CSc1cccc(C)c1)NN. The van der Waals surface area contributed by atoms with Crippen LogP contribution in [0.2, 0.25) is 0 Å². The van der Waals surface area contributed by atoms with Crippen molar-refractivity contribution in [2.75, 3.05) is 19.0 Å². The molecule has 4 heteroatoms. The van der Waals surface area contributed by atoms with E-state index >= 15 is 0 Å². The average molecular weight is 240 g/mol. The monoisotopic (exact) mass is 240 g/mol. The molecule has 1 aromatic rings. The van der Waals surface area contributed by atoms with Gasteiger partial charge in [-0.1, -0.05) is 17.7 Å². The Morgan fingerprint density at radius 2 is 2.31 bits per heavy atom. The molecule has 0 amide bonds. The number of hydrogen-bond acceptors (Lipinski definition) is 4. The fourth-order valence-corrected chi connectivity index (χ4v) is 2.34. The second kappa shape index (κ2) is 7.68. The standard InChI is InChI=1S/C12H20N2OS/c1-3-15-8-11(14-13)9-16-12-6-4-5-10(2)7-12/h4-7,11,14H,3,8-9,13H2,1-2H3. The molecule has 0 aliphatic heterocycles. The smallest absolute Gasteiger partial charge is 0.0641 e. The summed E-state index contributed by atoms with van der Waals surface area (Å²) < 4.78 is 5.34. The van der Waals surface area contributed by atoms with Crippen LogP contribution in [0.25, 0.3) is 0 Å². The fourth-order valence-electron chi connectivity index (χ4n) is 1.31. The largest absolute Gasteiger partial charge is 0.380 e. The Balaban J connectivity index is 2.37. The summed E-state index contributed by atoms with van der Waals surface area (Å²) >= 11 is 1.80. The van der Waals surface area contributed by atoms with Gasteiger partial charge in [0.15, 0.2) is 0 Å². The molecular formula is C12H20N2OS. The highest BCUT2D eigenvalue weighted by atomic mass is 32.2. The van der Waals surface area contributed by atoms with Crippen molar-refractivity contribution < 1.29 is 4.74 Å². The Hall–Kier alpha value is -0.550. The van der Waals surface area contributed by atoms with Crippen molar-refractivity contribution in [1.82, 2.24) is 5.43 Å². The summed E-state index contributed by atoms with van der Waals surface area (Å²) in [5.41, 5.74) is 4.06. The van der Waals surface area contributed by atoms with Gasteiger partial charge in [-0.2, -0.15) is 0 Å². The van der Waals surface area contributed by atoms with Crippen LogP contribution in [0.1, 0.15) is 12.5 Å². The van der Waals surface area contributed by atoms with Crippen LogP contribution in [-0.4, -0.2) is 25.0 Å². The molecule has 0 fully saturated rings. The van der Waals surface area contributed by atoms with E-state index in [0.29, 0.717) is 6.61 Å². The highest BCUT2D eigenvalue weighted by Gasteiger charge is 2.06. The number of hydrogen-bond donors (Lipinski definition) is 2. The van der Waals surface area contributed by atoms with Gasteiger partial charge in [0.1, 0.15) is 0 Å². The summed E-state index contributed by atoms with van der Waals surface area (Å²) in [5.74, 6) is 6.38. The minimum Gasteiger partial charge on any atom is -0.380 e. The first-order chi connectivity index (χ1) is 7.76. The molecule has 90 valence electrons. The molecule has 0 bridgehead atoms. The predicted octanol–water partition coefficient (Wildman–Crippen LogP) is 1.96. The van der Waals surface area contributed by atoms with Crippen LogP contribution < -0.4 is 11.3 Å². The van der Waals surface area contributed by atoms with E-state index in [4.69, 9.17) is 10.6 Å². The van der Waals surface area contributed by atoms with E-state index in [0.717, 1.165) is 12.4 Å². The topological polar surface area (TPSA) is 47.3 Å². The minimum absolute atomic E-state index is 0.200. The lowest BCUT2D eigenvalue weighted by atomic mass is 10.2. The zero-order valence-electron chi connectivity index (χ0n) is 9.90. The van der Waals surface area contributed by atoms with E-state index in [1.54, 1.807) is 11.8 Å². The highest BCUT2D eigenvalue weighted by Crippen LogP contribution is 2.19. The highest BCUT2D eigenvalue weighted by molar-refractivity contribution is 7.99. The molecule has 0 radical (unpaired) electrons. The molecule has 3 nitrogen and oxygen atoms in total. The van der Waals surface area contributed by atoms with E-state index in [1.165, 1.54) is 10.5 Å². The molecule has 0 aliphatic rings. The summed E-state index contributed by atoms with van der Waals surface area (Å²) in [7, 11) is 0. The molecule has 0 saturated carbocycles. The molecule has 16 heavy (non-hydrogen) atoms. The Morgan fingerprint density at radius 3 is 2.94 bits per heavy atom. The van der Waals surface area contributed by atoms with Gasteiger partial charge in [0, 0.05) is 17.3 Å². The molecule has 0 spiro atoms. The number of nitrogens with two attached hydrogens (primary N) is 1. The number of ether oxygens (including phenoxy) is 1. The van der Waals surface area contributed by atoms with Crippen LogP contribution in [0.5, 0.6) is 0 Å². The Morgan fingerprint density at radius 1 is 1.50 bits per heavy atom. The van der Waals surface area contributed by atoms with Crippen LogP contribution in [-0.2, 0) is 4.74 Å². The quantitative estimate of drug-likeness (QED) is 0.434. The molecule has 3 N–H and O–H groups in total. The maximum Gasteiger partial charge on any atom is 0.0641 e. The number of nitrogens with one attached hydrogen (secondary N) is 1. The molecule has 0 aromatic heterocycles. The first-order valence-electron chi connectivity index (χ1n) is 5.49. The van der Waals surface area contributed by atoms with Crippen molar-refractivity contribution >= 4 is 11.8 Å². The van der Waals surface area contributed by atoms with Crippen LogP contribution in [0.15, 0.2) is 29.2 Å². The summed E-state index contributed by atoms with van der Waals surface area (Å²) in [6.07, 6.45) is 0. The average Bonchev–Trinajstić information content (AvgIpc) is 2.29. The molecule has 1 aromatic carbocycles. The number of thioether (sulfide) groups is 1. The maximum absolute atomic E-state index is 5.46. The van der Waals surface area contributed by atoms with Gasteiger partial charge in [0.05, 0.1) is 12.6 Å². The zero-order chi connectivity index (χ0) is 11.8. The second-order valence-electron chi connectivity index (χ2n) is 3.65. The maximum atomic E-state index is 5.46. The predicted molar refractivity (Wildman–Crippen MR) is 69.5 cm³/mol. The van der Waals surface area contributed by atoms with Gasteiger partial charge >= 0.3 is 0 Å². The van der Waals surface area contributed by atoms with Crippen molar-refractivity contribution in [3.05, 3.63) is 29.8 Å². The van der Waals surface area contributed by atoms with Gasteiger partial charge in [-0.15, -0.1) is 11.8 Å². The first kappa shape index (κ1) is 13.5. The van der Waals surface area contributed by atoms with Crippen LogP contribution in [0.4, 0.5) is 0 Å². The van der Waals surface area contributed by atoms with E-state index in [2.05, 4.69) is 36.6 Å². The zero-order valence-corrected chi connectivity index (χ0v) is 10.7. The van der Waals surface area contributed by atoms with E-state index < -0.39 is 0 Å². The lowest BCUT2D eigenvalue weighted by Crippen LogP contribution is -2.40.